The highest BCUT2D eigenvalue weighted by Gasteiger charge is 2.08. The molecule has 0 aliphatic rings. The van der Waals surface area contributed by atoms with Crippen LogP contribution in [0.2, 0.25) is 0 Å². The van der Waals surface area contributed by atoms with E-state index >= 15 is 0 Å². The molecule has 0 unspecified atom stereocenters. The maximum Gasteiger partial charge on any atom is 0.220 e. The lowest BCUT2D eigenvalue weighted by atomic mass is 10.1. The summed E-state index contributed by atoms with van der Waals surface area (Å²) in [7, 11) is 1.52. The van der Waals surface area contributed by atoms with Crippen LogP contribution in [-0.2, 0) is 4.79 Å². The van der Waals surface area contributed by atoms with Crippen molar-refractivity contribution in [3.63, 3.8) is 0 Å². The Bertz CT molecular complexity index is 557. The molecule has 1 amide bonds. The molecular weight excluding hydrogens is 350 g/mol. The number of methoxy groups -OCH3 is 1. The summed E-state index contributed by atoms with van der Waals surface area (Å²) in [5.41, 5.74) is 0.568. The van der Waals surface area contributed by atoms with Gasteiger partial charge in [-0.1, -0.05) is 22.5 Å². The number of nitrogens with one attached hydrogen (secondary N) is 1. The number of carbonyl (C=O) groups is 2. The molecule has 22 heavy (non-hydrogen) atoms. The van der Waals surface area contributed by atoms with Crippen LogP contribution in [0.3, 0.4) is 0 Å². The first-order valence-electron chi connectivity index (χ1n) is 6.85. The number of hydrogen-bond acceptors (Lipinski definition) is 4. The monoisotopic (exact) mass is 369 g/mol. The molecule has 6 heteroatoms. The first-order valence-corrected chi connectivity index (χ1v) is 7.65. The van der Waals surface area contributed by atoms with Crippen LogP contribution in [0.4, 0.5) is 0 Å². The van der Waals surface area contributed by atoms with Gasteiger partial charge in [-0.3, -0.25) is 9.59 Å². The number of amides is 1. The van der Waals surface area contributed by atoms with E-state index in [9.17, 15) is 9.59 Å². The Labute approximate surface area is 138 Å². The lowest BCUT2D eigenvalue weighted by Crippen LogP contribution is -2.24. The average molecular weight is 370 g/mol. The largest absolute Gasteiger partial charge is 0.493 e. The molecule has 1 N–H and O–H groups in total. The highest BCUT2D eigenvalue weighted by Crippen LogP contribution is 2.28. The fourth-order valence-corrected chi connectivity index (χ4v) is 1.84. The van der Waals surface area contributed by atoms with Crippen molar-refractivity contribution in [2.75, 3.05) is 20.3 Å². The van der Waals surface area contributed by atoms with Crippen LogP contribution in [0.15, 0.2) is 29.3 Å². The van der Waals surface area contributed by atoms with E-state index < -0.39 is 0 Å². The van der Waals surface area contributed by atoms with Crippen molar-refractivity contribution in [1.82, 2.24) is 5.32 Å². The van der Waals surface area contributed by atoms with Gasteiger partial charge in [0.1, 0.15) is 0 Å². The third-order valence-electron chi connectivity index (χ3n) is 2.85. The molecule has 0 fully saturated rings. The van der Waals surface area contributed by atoms with Gasteiger partial charge in [0, 0.05) is 23.0 Å². The molecule has 1 aromatic rings. The van der Waals surface area contributed by atoms with E-state index in [1.165, 1.54) is 14.0 Å². The minimum atomic E-state index is -0.0527. The normalized spacial score (nSPS) is 9.95. The quantitative estimate of drug-likeness (QED) is 0.536. The van der Waals surface area contributed by atoms with Gasteiger partial charge in [-0.25, -0.2) is 0 Å². The molecule has 1 aromatic carbocycles. The van der Waals surface area contributed by atoms with Gasteiger partial charge in [0.15, 0.2) is 17.3 Å². The van der Waals surface area contributed by atoms with E-state index in [2.05, 4.69) is 27.8 Å². The summed E-state index contributed by atoms with van der Waals surface area (Å²) in [4.78, 5) is 22.8. The van der Waals surface area contributed by atoms with Gasteiger partial charge in [-0.2, -0.15) is 0 Å². The Morgan fingerprint density at radius 1 is 1.32 bits per heavy atom. The van der Waals surface area contributed by atoms with Crippen molar-refractivity contribution in [2.45, 2.75) is 19.8 Å². The zero-order chi connectivity index (χ0) is 16.5. The van der Waals surface area contributed by atoms with E-state index in [4.69, 9.17) is 9.47 Å². The zero-order valence-electron chi connectivity index (χ0n) is 12.8. The Hall–Kier alpha value is -1.82. The van der Waals surface area contributed by atoms with Crippen LogP contribution in [0.5, 0.6) is 11.5 Å². The van der Waals surface area contributed by atoms with Crippen molar-refractivity contribution in [3.8, 4) is 11.5 Å². The van der Waals surface area contributed by atoms with Gasteiger partial charge in [0.25, 0.3) is 0 Å². The Morgan fingerprint density at radius 3 is 2.64 bits per heavy atom. The number of halogens is 1. The number of benzene rings is 1. The summed E-state index contributed by atoms with van der Waals surface area (Å²) in [5, 5.41) is 2.72. The smallest absolute Gasteiger partial charge is 0.220 e. The number of hydrogen-bond donors (Lipinski definition) is 1. The second-order valence-corrected chi connectivity index (χ2v) is 5.79. The Balaban J connectivity index is 2.43. The molecule has 0 aliphatic carbocycles. The van der Waals surface area contributed by atoms with E-state index in [0.717, 1.165) is 4.48 Å². The van der Waals surface area contributed by atoms with E-state index in [1.54, 1.807) is 18.2 Å². The molecule has 0 atom stereocenters. The number of rotatable bonds is 9. The van der Waals surface area contributed by atoms with Gasteiger partial charge >= 0.3 is 0 Å². The molecule has 0 heterocycles. The summed E-state index contributed by atoms with van der Waals surface area (Å²) < 4.78 is 11.5. The van der Waals surface area contributed by atoms with Gasteiger partial charge in [0.05, 0.1) is 13.7 Å². The van der Waals surface area contributed by atoms with Gasteiger partial charge in [0.2, 0.25) is 5.91 Å². The molecule has 0 spiro atoms. The minimum Gasteiger partial charge on any atom is -0.493 e. The lowest BCUT2D eigenvalue weighted by Gasteiger charge is -2.11. The molecule has 120 valence electrons. The number of carbonyl (C=O) groups excluding carboxylic acids is 2. The van der Waals surface area contributed by atoms with Crippen LogP contribution in [0, 0.1) is 0 Å². The first kappa shape index (κ1) is 18.2. The van der Waals surface area contributed by atoms with Crippen molar-refractivity contribution in [2.24, 2.45) is 0 Å². The molecule has 5 nitrogen and oxygen atoms in total. The summed E-state index contributed by atoms with van der Waals surface area (Å²) in [6.45, 7) is 5.94. The topological polar surface area (TPSA) is 64.6 Å². The Kier molecular flexibility index (Phi) is 7.66. The maximum atomic E-state index is 11.5. The van der Waals surface area contributed by atoms with E-state index in [0.29, 0.717) is 43.1 Å². The highest BCUT2D eigenvalue weighted by molar-refractivity contribution is 9.11. The second kappa shape index (κ2) is 9.25. The second-order valence-electron chi connectivity index (χ2n) is 4.67. The highest BCUT2D eigenvalue weighted by atomic mass is 79.9. The number of Topliss-reactive ketones (excluding diaryl/α,β-unsaturated/α-hetero) is 1. The SMILES string of the molecule is C=C(Br)CNC(=O)CCCOc1ccc(C(C)=O)cc1OC. The summed E-state index contributed by atoms with van der Waals surface area (Å²) in [6.07, 6.45) is 0.951. The van der Waals surface area contributed by atoms with Gasteiger partial charge in [-0.05, 0) is 31.5 Å². The molecule has 0 aromatic heterocycles. The fourth-order valence-electron chi connectivity index (χ4n) is 1.70. The third kappa shape index (κ3) is 6.30. The van der Waals surface area contributed by atoms with Crippen molar-refractivity contribution in [3.05, 3.63) is 34.8 Å². The Morgan fingerprint density at radius 2 is 2.05 bits per heavy atom. The number of ketones is 1. The van der Waals surface area contributed by atoms with Crippen molar-refractivity contribution >= 4 is 27.6 Å². The molecular formula is C16H20BrNO4. The molecule has 0 aliphatic heterocycles. The molecule has 1 rings (SSSR count). The first-order chi connectivity index (χ1) is 10.4. The predicted molar refractivity (Wildman–Crippen MR) is 88.8 cm³/mol. The minimum absolute atomic E-state index is 0.0325. The van der Waals surface area contributed by atoms with Crippen LogP contribution in [-0.4, -0.2) is 32.0 Å². The van der Waals surface area contributed by atoms with Crippen molar-refractivity contribution < 1.29 is 19.1 Å². The van der Waals surface area contributed by atoms with Crippen LogP contribution >= 0.6 is 15.9 Å². The lowest BCUT2D eigenvalue weighted by molar-refractivity contribution is -0.121. The van der Waals surface area contributed by atoms with E-state index in [1.807, 2.05) is 0 Å². The van der Waals surface area contributed by atoms with Gasteiger partial charge < -0.3 is 14.8 Å². The third-order valence-corrected chi connectivity index (χ3v) is 3.13. The predicted octanol–water partition coefficient (Wildman–Crippen LogP) is 3.08. The molecule has 0 bridgehead atoms. The van der Waals surface area contributed by atoms with Crippen LogP contribution in [0.1, 0.15) is 30.1 Å². The summed E-state index contributed by atoms with van der Waals surface area (Å²) in [6, 6.07) is 5.03. The van der Waals surface area contributed by atoms with Crippen LogP contribution < -0.4 is 14.8 Å². The van der Waals surface area contributed by atoms with E-state index in [-0.39, 0.29) is 11.7 Å². The summed E-state index contributed by atoms with van der Waals surface area (Å²) in [5.74, 6) is 0.979. The molecule has 0 radical (unpaired) electrons. The average Bonchev–Trinajstić information content (AvgIpc) is 2.49. The maximum absolute atomic E-state index is 11.5. The summed E-state index contributed by atoms with van der Waals surface area (Å²) >= 11 is 3.18. The standard InChI is InChI=1S/C16H20BrNO4/c1-11(17)10-18-16(20)5-4-8-22-14-7-6-13(12(2)19)9-15(14)21-3/h6-7,9H,1,4-5,8,10H2,2-3H3,(H,18,20). The van der Waals surface area contributed by atoms with Crippen molar-refractivity contribution in [1.29, 1.82) is 0 Å². The number of ether oxygens (including phenoxy) is 2. The fraction of sp³-hybridized carbons (Fsp3) is 0.375. The van der Waals surface area contributed by atoms with Gasteiger partial charge in [-0.15, -0.1) is 0 Å². The van der Waals surface area contributed by atoms with Crippen LogP contribution in [0.25, 0.3) is 0 Å². The molecule has 0 saturated carbocycles. The molecule has 0 saturated heterocycles. The zero-order valence-corrected chi connectivity index (χ0v) is 14.4.